The summed E-state index contributed by atoms with van der Waals surface area (Å²) in [6.07, 6.45) is 1.03. The van der Waals surface area contributed by atoms with Crippen LogP contribution in [0.1, 0.15) is 6.92 Å². The number of methoxy groups -OCH3 is 1. The number of carbonyl (C=O) groups excluding carboxylic acids is 2. The van der Waals surface area contributed by atoms with Crippen molar-refractivity contribution in [3.05, 3.63) is 41.1 Å². The molecule has 0 radical (unpaired) electrons. The van der Waals surface area contributed by atoms with Crippen LogP contribution in [0.4, 0.5) is 5.69 Å². The average molecular weight is 372 g/mol. The fourth-order valence-electron chi connectivity index (χ4n) is 1.92. The van der Waals surface area contributed by atoms with Crippen molar-refractivity contribution < 1.29 is 22.7 Å². The molecule has 0 saturated heterocycles. The maximum atomic E-state index is 12.1. The quantitative estimate of drug-likeness (QED) is 0.804. The summed E-state index contributed by atoms with van der Waals surface area (Å²) in [6.45, 7) is 0.815. The van der Waals surface area contributed by atoms with Crippen LogP contribution in [0.25, 0.3) is 0 Å². The average Bonchev–Trinajstić information content (AvgIpc) is 2.48. The third kappa shape index (κ3) is 4.12. The molecule has 0 unspecified atom stereocenters. The lowest BCUT2D eigenvalue weighted by atomic mass is 10.2. The standard InChI is InChI=1S/C14H14ClN3O5S/c1-9-12(14(20)23-2)7-18(24(21,22)17-9)8-13(19)16-11-5-3-4-10(15)6-11/h3-7H,8H2,1-2H3,(H,16,19). The van der Waals surface area contributed by atoms with Crippen molar-refractivity contribution in [2.75, 3.05) is 19.0 Å². The lowest BCUT2D eigenvalue weighted by Crippen LogP contribution is -2.37. The van der Waals surface area contributed by atoms with Crippen LogP contribution in [0.2, 0.25) is 5.02 Å². The van der Waals surface area contributed by atoms with Crippen LogP contribution >= 0.6 is 11.6 Å². The first-order chi connectivity index (χ1) is 11.2. The monoisotopic (exact) mass is 371 g/mol. The molecule has 1 aliphatic heterocycles. The van der Waals surface area contributed by atoms with Gasteiger partial charge in [-0.2, -0.15) is 8.42 Å². The largest absolute Gasteiger partial charge is 0.465 e. The summed E-state index contributed by atoms with van der Waals surface area (Å²) in [6, 6.07) is 6.39. The molecule has 0 spiro atoms. The van der Waals surface area contributed by atoms with Gasteiger partial charge in [-0.05, 0) is 25.1 Å². The Morgan fingerprint density at radius 3 is 2.71 bits per heavy atom. The Labute approximate surface area is 143 Å². The van der Waals surface area contributed by atoms with Gasteiger partial charge in [-0.15, -0.1) is 4.40 Å². The Morgan fingerprint density at radius 2 is 2.08 bits per heavy atom. The molecule has 10 heteroatoms. The predicted molar refractivity (Wildman–Crippen MR) is 88.9 cm³/mol. The Morgan fingerprint density at radius 1 is 1.38 bits per heavy atom. The molecule has 1 aromatic rings. The molecule has 1 aliphatic rings. The summed E-state index contributed by atoms with van der Waals surface area (Å²) < 4.78 is 32.8. The molecule has 0 saturated carbocycles. The number of nitrogens with one attached hydrogen (secondary N) is 1. The van der Waals surface area contributed by atoms with Crippen molar-refractivity contribution in [3.63, 3.8) is 0 Å². The maximum absolute atomic E-state index is 12.1. The molecule has 1 aromatic carbocycles. The molecule has 1 heterocycles. The zero-order chi connectivity index (χ0) is 17.9. The highest BCUT2D eigenvalue weighted by Gasteiger charge is 2.29. The number of ether oxygens (including phenoxy) is 1. The minimum atomic E-state index is -4.09. The third-order valence-electron chi connectivity index (χ3n) is 3.02. The zero-order valence-corrected chi connectivity index (χ0v) is 14.4. The van der Waals surface area contributed by atoms with Crippen molar-refractivity contribution in [1.82, 2.24) is 4.31 Å². The first-order valence-electron chi connectivity index (χ1n) is 6.67. The second-order valence-corrected chi connectivity index (χ2v) is 6.78. The molecular formula is C14H14ClN3O5S. The van der Waals surface area contributed by atoms with Crippen molar-refractivity contribution >= 4 is 45.1 Å². The Kier molecular flexibility index (Phi) is 5.25. The van der Waals surface area contributed by atoms with Gasteiger partial charge in [0.25, 0.3) is 0 Å². The minimum absolute atomic E-state index is 0.00616. The number of rotatable bonds is 4. The number of anilines is 1. The summed E-state index contributed by atoms with van der Waals surface area (Å²) >= 11 is 5.82. The molecule has 24 heavy (non-hydrogen) atoms. The molecule has 0 aromatic heterocycles. The molecule has 8 nitrogen and oxygen atoms in total. The van der Waals surface area contributed by atoms with Gasteiger partial charge in [-0.3, -0.25) is 4.79 Å². The number of nitrogens with zero attached hydrogens (tertiary/aromatic N) is 2. The first kappa shape index (κ1) is 18.0. The van der Waals surface area contributed by atoms with Crippen LogP contribution in [0.5, 0.6) is 0 Å². The van der Waals surface area contributed by atoms with Gasteiger partial charge < -0.3 is 10.1 Å². The highest BCUT2D eigenvalue weighted by atomic mass is 35.5. The molecule has 1 amide bonds. The zero-order valence-electron chi connectivity index (χ0n) is 12.8. The van der Waals surface area contributed by atoms with Gasteiger partial charge in [0.15, 0.2) is 0 Å². The number of hydrogen-bond acceptors (Lipinski definition) is 5. The van der Waals surface area contributed by atoms with E-state index in [2.05, 4.69) is 14.5 Å². The van der Waals surface area contributed by atoms with E-state index in [1.165, 1.54) is 13.0 Å². The van der Waals surface area contributed by atoms with E-state index in [1.807, 2.05) is 0 Å². The first-order valence-corrected chi connectivity index (χ1v) is 8.44. The van der Waals surface area contributed by atoms with E-state index >= 15 is 0 Å². The van der Waals surface area contributed by atoms with Gasteiger partial charge >= 0.3 is 16.2 Å². The molecule has 0 atom stereocenters. The van der Waals surface area contributed by atoms with Gasteiger partial charge in [-0.25, -0.2) is 9.10 Å². The van der Waals surface area contributed by atoms with Crippen molar-refractivity contribution in [2.24, 2.45) is 4.40 Å². The highest BCUT2D eigenvalue weighted by Crippen LogP contribution is 2.18. The van der Waals surface area contributed by atoms with Gasteiger partial charge in [-0.1, -0.05) is 17.7 Å². The number of halogens is 1. The predicted octanol–water partition coefficient (Wildman–Crippen LogP) is 1.36. The van der Waals surface area contributed by atoms with E-state index in [0.717, 1.165) is 13.3 Å². The molecule has 128 valence electrons. The van der Waals surface area contributed by atoms with Crippen LogP contribution in [0, 0.1) is 0 Å². The topological polar surface area (TPSA) is 105 Å². The van der Waals surface area contributed by atoms with E-state index < -0.39 is 28.6 Å². The maximum Gasteiger partial charge on any atom is 0.344 e. The highest BCUT2D eigenvalue weighted by molar-refractivity contribution is 7.88. The molecule has 0 fully saturated rings. The third-order valence-corrected chi connectivity index (χ3v) is 4.59. The van der Waals surface area contributed by atoms with E-state index in [9.17, 15) is 18.0 Å². The molecule has 0 bridgehead atoms. The van der Waals surface area contributed by atoms with Crippen LogP contribution in [-0.4, -0.2) is 44.0 Å². The van der Waals surface area contributed by atoms with E-state index in [-0.39, 0.29) is 11.3 Å². The smallest absolute Gasteiger partial charge is 0.344 e. The lowest BCUT2D eigenvalue weighted by molar-refractivity contribution is -0.135. The second-order valence-electron chi connectivity index (χ2n) is 4.79. The fourth-order valence-corrected chi connectivity index (χ4v) is 3.18. The van der Waals surface area contributed by atoms with Crippen molar-refractivity contribution in [2.45, 2.75) is 6.92 Å². The number of amides is 1. The summed E-state index contributed by atoms with van der Waals surface area (Å²) in [7, 11) is -2.93. The lowest BCUT2D eigenvalue weighted by Gasteiger charge is -2.22. The van der Waals surface area contributed by atoms with Gasteiger partial charge in [0.1, 0.15) is 6.54 Å². The Balaban J connectivity index is 2.19. The molecular weight excluding hydrogens is 358 g/mol. The normalized spacial score (nSPS) is 16.0. The minimum Gasteiger partial charge on any atom is -0.465 e. The van der Waals surface area contributed by atoms with Crippen molar-refractivity contribution in [1.29, 1.82) is 0 Å². The number of hydrogen-bond donors (Lipinski definition) is 1. The van der Waals surface area contributed by atoms with Crippen LogP contribution in [0.15, 0.2) is 40.4 Å². The molecule has 0 aliphatic carbocycles. The summed E-state index contributed by atoms with van der Waals surface area (Å²) in [5, 5.41) is 2.94. The number of benzene rings is 1. The van der Waals surface area contributed by atoms with Crippen molar-refractivity contribution in [3.8, 4) is 0 Å². The fraction of sp³-hybridized carbons (Fsp3) is 0.214. The summed E-state index contributed by atoms with van der Waals surface area (Å²) in [5.74, 6) is -1.36. The van der Waals surface area contributed by atoms with E-state index in [1.54, 1.807) is 18.2 Å². The summed E-state index contributed by atoms with van der Waals surface area (Å²) in [4.78, 5) is 23.7. The number of esters is 1. The number of carbonyl (C=O) groups is 2. The van der Waals surface area contributed by atoms with Crippen LogP contribution in [-0.2, 0) is 24.5 Å². The van der Waals surface area contributed by atoms with Crippen LogP contribution in [0.3, 0.4) is 0 Å². The van der Waals surface area contributed by atoms with E-state index in [4.69, 9.17) is 11.6 Å². The van der Waals surface area contributed by atoms with Gasteiger partial charge in [0.2, 0.25) is 5.91 Å². The van der Waals surface area contributed by atoms with Gasteiger partial charge in [0, 0.05) is 16.9 Å². The Hall–Kier alpha value is -2.39. The Bertz CT molecular complexity index is 848. The second kappa shape index (κ2) is 7.02. The van der Waals surface area contributed by atoms with Crippen LogP contribution < -0.4 is 5.32 Å². The summed E-state index contributed by atoms with van der Waals surface area (Å²) in [5.41, 5.74) is 0.370. The molecule has 2 rings (SSSR count). The SMILES string of the molecule is COC(=O)C1=CN(CC(=O)Nc2cccc(Cl)c2)S(=O)(=O)N=C1C. The van der Waals surface area contributed by atoms with E-state index in [0.29, 0.717) is 15.0 Å². The van der Waals surface area contributed by atoms with Gasteiger partial charge in [0.05, 0.1) is 18.4 Å². The molecule has 1 N–H and O–H groups in total.